The third-order valence-corrected chi connectivity index (χ3v) is 6.24. The molecule has 37 heavy (non-hydrogen) atoms. The van der Waals surface area contributed by atoms with E-state index in [4.69, 9.17) is 0 Å². The standard InChI is InChI=1S/C25H29N11O/c1-3-5-10-22-17-35(24-29-32-33-36(24)13-6-4-2)25(37)34(22)16-21-15-19(11-12-26-21)18-8-7-9-20(14-18)23-27-30-31-28-23/h7-9,11-12,14-15,17H,3-6,10,13,16H2,1-2H3,(H,27,28,30,31). The van der Waals surface area contributed by atoms with Gasteiger partial charge in [0.15, 0.2) is 0 Å². The van der Waals surface area contributed by atoms with Gasteiger partial charge in [0.25, 0.3) is 5.95 Å². The highest BCUT2D eigenvalue weighted by Gasteiger charge is 2.18. The number of aromatic amines is 1. The molecule has 12 heteroatoms. The minimum absolute atomic E-state index is 0.176. The van der Waals surface area contributed by atoms with Crippen molar-refractivity contribution in [2.24, 2.45) is 0 Å². The van der Waals surface area contributed by atoms with Gasteiger partial charge in [0, 0.05) is 30.2 Å². The number of unbranched alkanes of at least 4 members (excludes halogenated alkanes) is 2. The van der Waals surface area contributed by atoms with Crippen LogP contribution in [0, 0.1) is 0 Å². The van der Waals surface area contributed by atoms with Crippen LogP contribution in [0.2, 0.25) is 0 Å². The molecular formula is C25H29N11O. The molecule has 0 fully saturated rings. The highest BCUT2D eigenvalue weighted by atomic mass is 16.2. The van der Waals surface area contributed by atoms with Crippen molar-refractivity contribution in [2.75, 3.05) is 0 Å². The Morgan fingerprint density at radius 1 is 0.973 bits per heavy atom. The van der Waals surface area contributed by atoms with Gasteiger partial charge in [0.05, 0.1) is 12.2 Å². The Morgan fingerprint density at radius 2 is 1.81 bits per heavy atom. The van der Waals surface area contributed by atoms with E-state index in [0.29, 0.717) is 24.9 Å². The Kier molecular flexibility index (Phi) is 7.24. The second kappa shape index (κ2) is 11.1. The summed E-state index contributed by atoms with van der Waals surface area (Å²) < 4.78 is 5.02. The zero-order valence-electron chi connectivity index (χ0n) is 20.9. The van der Waals surface area contributed by atoms with E-state index in [1.807, 2.05) is 42.6 Å². The Labute approximate surface area is 213 Å². The molecule has 0 spiro atoms. The fraction of sp³-hybridized carbons (Fsp3) is 0.360. The van der Waals surface area contributed by atoms with Gasteiger partial charge < -0.3 is 0 Å². The number of rotatable bonds is 11. The van der Waals surface area contributed by atoms with E-state index >= 15 is 0 Å². The molecule has 0 unspecified atom stereocenters. The zero-order chi connectivity index (χ0) is 25.6. The largest absolute Gasteiger partial charge is 0.335 e. The molecule has 0 radical (unpaired) electrons. The van der Waals surface area contributed by atoms with Crippen molar-refractivity contribution in [1.82, 2.24) is 54.9 Å². The van der Waals surface area contributed by atoms with Crippen LogP contribution in [-0.2, 0) is 19.5 Å². The van der Waals surface area contributed by atoms with Gasteiger partial charge in [-0.15, -0.1) is 10.2 Å². The van der Waals surface area contributed by atoms with Crippen molar-refractivity contribution >= 4 is 0 Å². The van der Waals surface area contributed by atoms with E-state index in [-0.39, 0.29) is 5.69 Å². The van der Waals surface area contributed by atoms with Crippen molar-refractivity contribution < 1.29 is 0 Å². The lowest BCUT2D eigenvalue weighted by Crippen LogP contribution is -2.27. The average molecular weight is 500 g/mol. The van der Waals surface area contributed by atoms with Crippen molar-refractivity contribution in [3.63, 3.8) is 0 Å². The van der Waals surface area contributed by atoms with Gasteiger partial charge in [-0.25, -0.2) is 14.0 Å². The molecule has 1 N–H and O–H groups in total. The highest BCUT2D eigenvalue weighted by Crippen LogP contribution is 2.24. The van der Waals surface area contributed by atoms with E-state index in [1.54, 1.807) is 20.0 Å². The number of nitrogens with one attached hydrogen (secondary N) is 1. The van der Waals surface area contributed by atoms with Gasteiger partial charge in [-0.05, 0) is 64.2 Å². The minimum Gasteiger partial charge on any atom is -0.290 e. The molecule has 0 aliphatic rings. The molecular weight excluding hydrogens is 470 g/mol. The van der Waals surface area contributed by atoms with Gasteiger partial charge in [0.2, 0.25) is 5.82 Å². The number of aromatic nitrogens is 11. The number of H-pyrrole nitrogens is 1. The molecule has 190 valence electrons. The van der Waals surface area contributed by atoms with E-state index in [0.717, 1.165) is 60.2 Å². The summed E-state index contributed by atoms with van der Waals surface area (Å²) in [6.45, 7) is 5.25. The monoisotopic (exact) mass is 499 g/mol. The van der Waals surface area contributed by atoms with Crippen LogP contribution < -0.4 is 5.69 Å². The summed E-state index contributed by atoms with van der Waals surface area (Å²) in [5.74, 6) is 0.973. The smallest absolute Gasteiger partial charge is 0.290 e. The number of hydrogen-bond donors (Lipinski definition) is 1. The number of imidazole rings is 1. The van der Waals surface area contributed by atoms with Crippen LogP contribution in [0.3, 0.4) is 0 Å². The molecule has 0 atom stereocenters. The first-order chi connectivity index (χ1) is 18.2. The quantitative estimate of drug-likeness (QED) is 0.293. The van der Waals surface area contributed by atoms with Crippen LogP contribution in [0.15, 0.2) is 53.6 Å². The number of tetrazole rings is 2. The molecule has 5 rings (SSSR count). The van der Waals surface area contributed by atoms with Crippen molar-refractivity contribution in [2.45, 2.75) is 59.0 Å². The van der Waals surface area contributed by atoms with Crippen LogP contribution in [0.5, 0.6) is 0 Å². The topological polar surface area (TPSA) is 138 Å². The lowest BCUT2D eigenvalue weighted by molar-refractivity contribution is 0.540. The zero-order valence-corrected chi connectivity index (χ0v) is 20.9. The maximum absolute atomic E-state index is 13.6. The van der Waals surface area contributed by atoms with Crippen LogP contribution in [0.25, 0.3) is 28.5 Å². The van der Waals surface area contributed by atoms with Crippen LogP contribution >= 0.6 is 0 Å². The SMILES string of the molecule is CCCCc1cn(-c2nnnn2CCCC)c(=O)n1Cc1cc(-c2cccc(-c3nn[nH]n3)c2)ccn1. The first-order valence-corrected chi connectivity index (χ1v) is 12.5. The van der Waals surface area contributed by atoms with Crippen LogP contribution in [-0.4, -0.2) is 54.9 Å². The first kappa shape index (κ1) is 24.2. The molecule has 4 heterocycles. The Bertz CT molecular complexity index is 1510. The fourth-order valence-corrected chi connectivity index (χ4v) is 4.25. The molecule has 0 saturated heterocycles. The Balaban J connectivity index is 1.48. The molecule has 12 nitrogen and oxygen atoms in total. The predicted molar refractivity (Wildman–Crippen MR) is 137 cm³/mol. The number of pyridine rings is 1. The lowest BCUT2D eigenvalue weighted by Gasteiger charge is -2.09. The maximum Gasteiger partial charge on any atom is 0.335 e. The first-order valence-electron chi connectivity index (χ1n) is 12.5. The molecule has 0 amide bonds. The van der Waals surface area contributed by atoms with Gasteiger partial charge in [-0.2, -0.15) is 5.21 Å². The van der Waals surface area contributed by atoms with Crippen molar-refractivity contribution in [3.05, 3.63) is 70.7 Å². The number of hydrogen-bond acceptors (Lipinski definition) is 8. The van der Waals surface area contributed by atoms with Gasteiger partial charge in [-0.3, -0.25) is 9.55 Å². The summed E-state index contributed by atoms with van der Waals surface area (Å²) in [6, 6.07) is 11.9. The van der Waals surface area contributed by atoms with Crippen molar-refractivity contribution in [1.29, 1.82) is 0 Å². The summed E-state index contributed by atoms with van der Waals surface area (Å²) in [5, 5.41) is 26.3. The van der Waals surface area contributed by atoms with Crippen molar-refractivity contribution in [3.8, 4) is 28.5 Å². The molecule has 0 bridgehead atoms. The molecule has 0 aliphatic carbocycles. The predicted octanol–water partition coefficient (Wildman–Crippen LogP) is 3.06. The summed E-state index contributed by atoms with van der Waals surface area (Å²) in [4.78, 5) is 18.2. The van der Waals surface area contributed by atoms with Crippen LogP contribution in [0.1, 0.15) is 50.9 Å². The highest BCUT2D eigenvalue weighted by molar-refractivity contribution is 5.70. The normalized spacial score (nSPS) is 11.3. The third-order valence-electron chi connectivity index (χ3n) is 6.24. The van der Waals surface area contributed by atoms with E-state index < -0.39 is 0 Å². The summed E-state index contributed by atoms with van der Waals surface area (Å²) in [6.07, 6.45) is 8.35. The van der Waals surface area contributed by atoms with Gasteiger partial charge >= 0.3 is 5.69 Å². The number of nitrogens with zero attached hydrogens (tertiary/aromatic N) is 10. The van der Waals surface area contributed by atoms with E-state index in [1.165, 1.54) is 0 Å². The minimum atomic E-state index is -0.176. The van der Waals surface area contributed by atoms with E-state index in [2.05, 4.69) is 55.0 Å². The average Bonchev–Trinajstić information content (AvgIpc) is 3.69. The maximum atomic E-state index is 13.6. The van der Waals surface area contributed by atoms with Gasteiger partial charge in [0.1, 0.15) is 0 Å². The number of aryl methyl sites for hydroxylation is 2. The lowest BCUT2D eigenvalue weighted by atomic mass is 10.0. The van der Waals surface area contributed by atoms with Crippen LogP contribution in [0.4, 0.5) is 0 Å². The molecule has 0 aliphatic heterocycles. The van der Waals surface area contributed by atoms with E-state index in [9.17, 15) is 4.79 Å². The summed E-state index contributed by atoms with van der Waals surface area (Å²) in [7, 11) is 0. The fourth-order valence-electron chi connectivity index (χ4n) is 4.25. The molecule has 4 aromatic heterocycles. The van der Waals surface area contributed by atoms with Gasteiger partial charge in [-0.1, -0.05) is 50.0 Å². The summed E-state index contributed by atoms with van der Waals surface area (Å²) in [5.41, 5.74) is 4.39. The number of benzene rings is 1. The Hall–Kier alpha value is -4.48. The third kappa shape index (κ3) is 5.22. The molecule has 1 aromatic carbocycles. The molecule has 5 aromatic rings. The second-order valence-electron chi connectivity index (χ2n) is 8.87. The summed E-state index contributed by atoms with van der Waals surface area (Å²) >= 11 is 0. The molecule has 0 saturated carbocycles. The Morgan fingerprint density at radius 3 is 2.62 bits per heavy atom. The second-order valence-corrected chi connectivity index (χ2v) is 8.87.